The Balaban J connectivity index is 1.58. The lowest BCUT2D eigenvalue weighted by atomic mass is 10.2. The summed E-state index contributed by atoms with van der Waals surface area (Å²) in [4.78, 5) is 24.3. The number of anilines is 2. The van der Waals surface area contributed by atoms with Gasteiger partial charge in [0, 0.05) is 11.8 Å². The molecule has 0 bridgehead atoms. The van der Waals surface area contributed by atoms with Gasteiger partial charge in [-0.05, 0) is 48.5 Å². The summed E-state index contributed by atoms with van der Waals surface area (Å²) in [6.45, 7) is -0.161. The second-order valence-electron chi connectivity index (χ2n) is 5.86. The number of hydrogen-bond acceptors (Lipinski definition) is 6. The van der Waals surface area contributed by atoms with Crippen LogP contribution < -0.4 is 24.8 Å². The third kappa shape index (κ3) is 5.29. The van der Waals surface area contributed by atoms with Crippen molar-refractivity contribution in [2.45, 2.75) is 0 Å². The number of carbonyl (C=O) groups excluding carboxylic acids is 2. The number of nitrogens with one attached hydrogen (secondary N) is 2. The van der Waals surface area contributed by atoms with Crippen LogP contribution in [-0.2, 0) is 4.79 Å². The van der Waals surface area contributed by atoms with Crippen LogP contribution in [0, 0.1) is 0 Å². The number of rotatable bonds is 8. The Hall–Kier alpha value is -3.94. The number of hydrogen-bond donors (Lipinski definition) is 2. The average molecular weight is 396 g/mol. The molecule has 2 aromatic carbocycles. The first kappa shape index (κ1) is 19.8. The van der Waals surface area contributed by atoms with Crippen molar-refractivity contribution >= 4 is 23.2 Å². The van der Waals surface area contributed by atoms with Gasteiger partial charge in [-0.2, -0.15) is 0 Å². The zero-order chi connectivity index (χ0) is 20.6. The van der Waals surface area contributed by atoms with Gasteiger partial charge < -0.3 is 29.3 Å². The Morgan fingerprint density at radius 2 is 1.69 bits per heavy atom. The molecule has 0 aliphatic carbocycles. The summed E-state index contributed by atoms with van der Waals surface area (Å²) in [5.41, 5.74) is 0.947. The van der Waals surface area contributed by atoms with Crippen LogP contribution in [0.1, 0.15) is 10.6 Å². The van der Waals surface area contributed by atoms with Gasteiger partial charge in [-0.25, -0.2) is 0 Å². The van der Waals surface area contributed by atoms with Gasteiger partial charge in [0.2, 0.25) is 0 Å². The molecule has 1 heterocycles. The topological polar surface area (TPSA) is 99.0 Å². The maximum atomic E-state index is 12.1. The summed E-state index contributed by atoms with van der Waals surface area (Å²) in [5.74, 6) is 1.08. The predicted octanol–water partition coefficient (Wildman–Crippen LogP) is 3.57. The maximum Gasteiger partial charge on any atom is 0.291 e. The van der Waals surface area contributed by atoms with Crippen molar-refractivity contribution in [1.29, 1.82) is 0 Å². The molecule has 8 nitrogen and oxygen atoms in total. The highest BCUT2D eigenvalue weighted by Crippen LogP contribution is 2.28. The SMILES string of the molecule is COc1ccc(OCC(=O)Nc2ccc(NC(=O)c3ccco3)c(OC)c2)cc1. The summed E-state index contributed by atoms with van der Waals surface area (Å²) in [7, 11) is 3.04. The highest BCUT2D eigenvalue weighted by molar-refractivity contribution is 6.03. The minimum absolute atomic E-state index is 0.161. The Morgan fingerprint density at radius 1 is 0.931 bits per heavy atom. The monoisotopic (exact) mass is 396 g/mol. The highest BCUT2D eigenvalue weighted by Gasteiger charge is 2.13. The van der Waals surface area contributed by atoms with Crippen LogP contribution in [0.2, 0.25) is 0 Å². The second kappa shape index (κ2) is 9.32. The van der Waals surface area contributed by atoms with Crippen molar-refractivity contribution < 1.29 is 28.2 Å². The van der Waals surface area contributed by atoms with E-state index in [4.69, 9.17) is 18.6 Å². The summed E-state index contributed by atoms with van der Waals surface area (Å²) in [6, 6.07) is 15.0. The molecule has 0 unspecified atom stereocenters. The van der Waals surface area contributed by atoms with Crippen LogP contribution in [0.4, 0.5) is 11.4 Å². The molecule has 0 fully saturated rings. The van der Waals surface area contributed by atoms with Crippen LogP contribution >= 0.6 is 0 Å². The van der Waals surface area contributed by atoms with Crippen LogP contribution in [-0.4, -0.2) is 32.6 Å². The Morgan fingerprint density at radius 3 is 2.34 bits per heavy atom. The van der Waals surface area contributed by atoms with E-state index < -0.39 is 5.91 Å². The lowest BCUT2D eigenvalue weighted by molar-refractivity contribution is -0.118. The summed E-state index contributed by atoms with van der Waals surface area (Å²) >= 11 is 0. The van der Waals surface area contributed by atoms with Gasteiger partial charge in [-0.1, -0.05) is 0 Å². The fraction of sp³-hybridized carbons (Fsp3) is 0.143. The number of methoxy groups -OCH3 is 2. The van der Waals surface area contributed by atoms with Crippen molar-refractivity contribution in [1.82, 2.24) is 0 Å². The van der Waals surface area contributed by atoms with Gasteiger partial charge in [-0.3, -0.25) is 9.59 Å². The van der Waals surface area contributed by atoms with E-state index in [0.29, 0.717) is 28.6 Å². The van der Waals surface area contributed by atoms with E-state index in [1.165, 1.54) is 13.4 Å². The van der Waals surface area contributed by atoms with E-state index in [1.807, 2.05) is 0 Å². The van der Waals surface area contributed by atoms with Gasteiger partial charge in [0.05, 0.1) is 26.2 Å². The Kier molecular flexibility index (Phi) is 6.36. The molecule has 2 N–H and O–H groups in total. The standard InChI is InChI=1S/C21H20N2O6/c1-26-15-6-8-16(9-7-15)29-13-20(24)22-14-5-10-17(19(12-14)27-2)23-21(25)18-4-3-11-28-18/h3-12H,13H2,1-2H3,(H,22,24)(H,23,25). The van der Waals surface area contributed by atoms with Crippen molar-refractivity contribution in [2.24, 2.45) is 0 Å². The number of furan rings is 1. The molecule has 0 radical (unpaired) electrons. The molecule has 0 saturated carbocycles. The van der Waals surface area contributed by atoms with Crippen LogP contribution in [0.5, 0.6) is 17.2 Å². The molecular weight excluding hydrogens is 376 g/mol. The van der Waals surface area contributed by atoms with Gasteiger partial charge in [-0.15, -0.1) is 0 Å². The lowest BCUT2D eigenvalue weighted by Gasteiger charge is -2.12. The van der Waals surface area contributed by atoms with Crippen molar-refractivity contribution in [3.8, 4) is 17.2 Å². The lowest BCUT2D eigenvalue weighted by Crippen LogP contribution is -2.20. The number of benzene rings is 2. The number of ether oxygens (including phenoxy) is 3. The first-order valence-electron chi connectivity index (χ1n) is 8.68. The Labute approximate surface area is 167 Å². The second-order valence-corrected chi connectivity index (χ2v) is 5.86. The number of amides is 2. The minimum atomic E-state index is -0.405. The molecule has 8 heteroatoms. The first-order chi connectivity index (χ1) is 14.1. The third-order valence-electron chi connectivity index (χ3n) is 3.91. The summed E-state index contributed by atoms with van der Waals surface area (Å²) < 4.78 is 20.9. The maximum absolute atomic E-state index is 12.1. The van der Waals surface area contributed by atoms with Gasteiger partial charge in [0.25, 0.3) is 11.8 Å². The fourth-order valence-electron chi connectivity index (χ4n) is 2.48. The van der Waals surface area contributed by atoms with Crippen molar-refractivity contribution in [3.63, 3.8) is 0 Å². The van der Waals surface area contributed by atoms with Gasteiger partial charge >= 0.3 is 0 Å². The number of carbonyl (C=O) groups is 2. The summed E-state index contributed by atoms with van der Waals surface area (Å²) in [6.07, 6.45) is 1.42. The van der Waals surface area contributed by atoms with Crippen molar-refractivity contribution in [3.05, 3.63) is 66.6 Å². The molecule has 2 amide bonds. The molecule has 150 valence electrons. The normalized spacial score (nSPS) is 10.1. The van der Waals surface area contributed by atoms with E-state index in [0.717, 1.165) is 0 Å². The minimum Gasteiger partial charge on any atom is -0.497 e. The molecule has 1 aromatic heterocycles. The zero-order valence-corrected chi connectivity index (χ0v) is 15.9. The van der Waals surface area contributed by atoms with Crippen LogP contribution in [0.15, 0.2) is 65.3 Å². The third-order valence-corrected chi connectivity index (χ3v) is 3.91. The van der Waals surface area contributed by atoms with E-state index in [9.17, 15) is 9.59 Å². The first-order valence-corrected chi connectivity index (χ1v) is 8.68. The van der Waals surface area contributed by atoms with Gasteiger partial charge in [0.15, 0.2) is 12.4 Å². The fourth-order valence-corrected chi connectivity index (χ4v) is 2.48. The smallest absolute Gasteiger partial charge is 0.291 e. The van der Waals surface area contributed by atoms with E-state index in [-0.39, 0.29) is 18.3 Å². The highest BCUT2D eigenvalue weighted by atomic mass is 16.5. The molecular formula is C21H20N2O6. The van der Waals surface area contributed by atoms with Gasteiger partial charge in [0.1, 0.15) is 17.2 Å². The molecule has 0 spiro atoms. The Bertz CT molecular complexity index is 967. The summed E-state index contributed by atoms with van der Waals surface area (Å²) in [5, 5.41) is 5.41. The van der Waals surface area contributed by atoms with Crippen LogP contribution in [0.3, 0.4) is 0 Å². The largest absolute Gasteiger partial charge is 0.497 e. The molecule has 0 saturated heterocycles. The van der Waals surface area contributed by atoms with Crippen molar-refractivity contribution in [2.75, 3.05) is 31.5 Å². The van der Waals surface area contributed by atoms with Crippen LogP contribution in [0.25, 0.3) is 0 Å². The predicted molar refractivity (Wildman–Crippen MR) is 107 cm³/mol. The molecule has 0 aliphatic rings. The zero-order valence-electron chi connectivity index (χ0n) is 15.9. The van der Waals surface area contributed by atoms with E-state index in [1.54, 1.807) is 61.7 Å². The molecule has 3 rings (SSSR count). The van der Waals surface area contributed by atoms with E-state index >= 15 is 0 Å². The molecule has 29 heavy (non-hydrogen) atoms. The quantitative estimate of drug-likeness (QED) is 0.604. The average Bonchev–Trinajstić information content (AvgIpc) is 3.29. The molecule has 0 atom stereocenters. The van der Waals surface area contributed by atoms with E-state index in [2.05, 4.69) is 10.6 Å². The molecule has 0 aliphatic heterocycles. The molecule has 3 aromatic rings.